The van der Waals surface area contributed by atoms with Crippen LogP contribution in [0, 0.1) is 23.4 Å². The minimum atomic E-state index is -1.21. The van der Waals surface area contributed by atoms with Gasteiger partial charge < -0.3 is 16.0 Å². The Hall–Kier alpha value is -2.87. The molecule has 2 aromatic carbocycles. The van der Waals surface area contributed by atoms with Crippen molar-refractivity contribution in [2.45, 2.75) is 69.6 Å². The first-order valence-electron chi connectivity index (χ1n) is 11.8. The number of nitrogens with zero attached hydrogens (tertiary/aromatic N) is 1. The SMILES string of the molecule is NC(Cc1cc(F)c(F)cc1F)C1CC2CCC(C1)N2C(=O)CCC(=O)NCc1ccccc1. The molecule has 2 fully saturated rings. The number of benzene rings is 2. The second kappa shape index (κ2) is 10.6. The lowest BCUT2D eigenvalue weighted by Gasteiger charge is -2.41. The molecule has 4 rings (SSSR count). The summed E-state index contributed by atoms with van der Waals surface area (Å²) in [6, 6.07) is 10.7. The molecular weight excluding hydrogens is 443 g/mol. The highest BCUT2D eigenvalue weighted by atomic mass is 19.2. The predicted octanol–water partition coefficient (Wildman–Crippen LogP) is 3.84. The van der Waals surface area contributed by atoms with Crippen molar-refractivity contribution in [1.29, 1.82) is 0 Å². The van der Waals surface area contributed by atoms with E-state index < -0.39 is 23.5 Å². The molecular formula is C26H30F3N3O2. The summed E-state index contributed by atoms with van der Waals surface area (Å²) < 4.78 is 40.8. The third-order valence-corrected chi connectivity index (χ3v) is 7.11. The number of carbonyl (C=O) groups is 2. The summed E-state index contributed by atoms with van der Waals surface area (Å²) in [6.45, 7) is 0.431. The summed E-state index contributed by atoms with van der Waals surface area (Å²) in [5.41, 5.74) is 7.42. The van der Waals surface area contributed by atoms with E-state index in [1.54, 1.807) is 0 Å². The van der Waals surface area contributed by atoms with Crippen molar-refractivity contribution in [3.63, 3.8) is 0 Å². The second-order valence-corrected chi connectivity index (χ2v) is 9.41. The van der Waals surface area contributed by atoms with Gasteiger partial charge in [0.2, 0.25) is 11.8 Å². The molecule has 182 valence electrons. The average molecular weight is 474 g/mol. The van der Waals surface area contributed by atoms with Crippen molar-refractivity contribution >= 4 is 11.8 Å². The standard InChI is InChI=1S/C26H30F3N3O2/c27-21-14-23(29)22(28)12-17(21)13-24(30)18-10-19-6-7-20(11-18)32(19)26(34)9-8-25(33)31-15-16-4-2-1-3-5-16/h1-5,12,14,18-20,24H,6-11,13,15,30H2,(H,31,33). The maximum absolute atomic E-state index is 14.0. The van der Waals surface area contributed by atoms with Crippen molar-refractivity contribution < 1.29 is 22.8 Å². The van der Waals surface area contributed by atoms with Gasteiger partial charge in [0.15, 0.2) is 11.6 Å². The highest BCUT2D eigenvalue weighted by Crippen LogP contribution is 2.40. The number of halogens is 3. The van der Waals surface area contributed by atoms with E-state index in [0.717, 1.165) is 24.5 Å². The van der Waals surface area contributed by atoms with Gasteiger partial charge in [-0.25, -0.2) is 13.2 Å². The largest absolute Gasteiger partial charge is 0.352 e. The lowest BCUT2D eigenvalue weighted by molar-refractivity contribution is -0.138. The zero-order valence-electron chi connectivity index (χ0n) is 19.0. The number of nitrogens with two attached hydrogens (primary N) is 1. The fourth-order valence-electron chi connectivity index (χ4n) is 5.35. The van der Waals surface area contributed by atoms with E-state index in [4.69, 9.17) is 5.73 Å². The van der Waals surface area contributed by atoms with E-state index in [1.165, 1.54) is 0 Å². The highest BCUT2D eigenvalue weighted by molar-refractivity contribution is 5.84. The molecule has 34 heavy (non-hydrogen) atoms. The smallest absolute Gasteiger partial charge is 0.223 e. The molecule has 2 aromatic rings. The van der Waals surface area contributed by atoms with E-state index in [2.05, 4.69) is 5.32 Å². The van der Waals surface area contributed by atoms with Crippen LogP contribution in [0.1, 0.15) is 49.7 Å². The molecule has 2 heterocycles. The summed E-state index contributed by atoms with van der Waals surface area (Å²) in [5.74, 6) is -3.22. The lowest BCUT2D eigenvalue weighted by atomic mass is 9.82. The van der Waals surface area contributed by atoms with Crippen LogP contribution in [0.15, 0.2) is 42.5 Å². The molecule has 0 radical (unpaired) electrons. The van der Waals surface area contributed by atoms with Crippen molar-refractivity contribution in [3.8, 4) is 0 Å². The number of amides is 2. The first kappa shape index (κ1) is 24.3. The summed E-state index contributed by atoms with van der Waals surface area (Å²) >= 11 is 0. The minimum absolute atomic E-state index is 0.0268. The zero-order chi connectivity index (χ0) is 24.2. The molecule has 2 bridgehead atoms. The average Bonchev–Trinajstić information content (AvgIpc) is 3.09. The molecule has 2 saturated heterocycles. The number of piperidine rings is 1. The van der Waals surface area contributed by atoms with Gasteiger partial charge in [0.25, 0.3) is 0 Å². The molecule has 0 aromatic heterocycles. The van der Waals surface area contributed by atoms with Crippen molar-refractivity contribution in [1.82, 2.24) is 10.2 Å². The van der Waals surface area contributed by atoms with Gasteiger partial charge in [0, 0.05) is 43.6 Å². The van der Waals surface area contributed by atoms with Crippen molar-refractivity contribution in [2.24, 2.45) is 11.7 Å². The molecule has 0 aliphatic carbocycles. The zero-order valence-corrected chi connectivity index (χ0v) is 19.0. The minimum Gasteiger partial charge on any atom is -0.352 e. The van der Waals surface area contributed by atoms with Crippen LogP contribution < -0.4 is 11.1 Å². The van der Waals surface area contributed by atoms with E-state index in [0.29, 0.717) is 25.5 Å². The normalized spacial score (nSPS) is 22.5. The molecule has 2 aliphatic heterocycles. The number of hydrogen-bond acceptors (Lipinski definition) is 3. The highest BCUT2D eigenvalue weighted by Gasteiger charge is 2.44. The Kier molecular flexibility index (Phi) is 7.56. The van der Waals surface area contributed by atoms with E-state index in [1.807, 2.05) is 35.2 Å². The van der Waals surface area contributed by atoms with E-state index in [9.17, 15) is 22.8 Å². The maximum Gasteiger partial charge on any atom is 0.223 e. The Balaban J connectivity index is 1.27. The number of rotatable bonds is 8. The molecule has 3 N–H and O–H groups in total. The van der Waals surface area contributed by atoms with Crippen molar-refractivity contribution in [2.75, 3.05) is 0 Å². The van der Waals surface area contributed by atoms with Crippen molar-refractivity contribution in [3.05, 3.63) is 71.0 Å². The lowest BCUT2D eigenvalue weighted by Crippen LogP contribution is -2.50. The van der Waals surface area contributed by atoms with Crippen LogP contribution in [0.5, 0.6) is 0 Å². The van der Waals surface area contributed by atoms with Gasteiger partial charge in [-0.15, -0.1) is 0 Å². The van der Waals surface area contributed by atoms with E-state index in [-0.39, 0.29) is 54.6 Å². The van der Waals surface area contributed by atoms with Gasteiger partial charge in [0.05, 0.1) is 0 Å². The Morgan fingerprint density at radius 3 is 2.29 bits per heavy atom. The van der Waals surface area contributed by atoms with Gasteiger partial charge in [-0.2, -0.15) is 0 Å². The molecule has 3 atom stereocenters. The van der Waals surface area contributed by atoms with E-state index >= 15 is 0 Å². The first-order chi connectivity index (χ1) is 16.3. The van der Waals surface area contributed by atoms with Gasteiger partial charge in [-0.3, -0.25) is 9.59 Å². The van der Waals surface area contributed by atoms with Crippen LogP contribution in [0.3, 0.4) is 0 Å². The molecule has 0 spiro atoms. The summed E-state index contributed by atoms with van der Waals surface area (Å²) in [4.78, 5) is 27.0. The molecule has 5 nitrogen and oxygen atoms in total. The number of hydrogen-bond donors (Lipinski definition) is 2. The van der Waals surface area contributed by atoms with Gasteiger partial charge >= 0.3 is 0 Å². The fraction of sp³-hybridized carbons (Fsp3) is 0.462. The number of nitrogens with one attached hydrogen (secondary N) is 1. The topological polar surface area (TPSA) is 75.4 Å². The summed E-state index contributed by atoms with van der Waals surface area (Å²) in [6.07, 6.45) is 3.54. The molecule has 3 unspecified atom stereocenters. The van der Waals surface area contributed by atoms with Crippen LogP contribution in [0.2, 0.25) is 0 Å². The summed E-state index contributed by atoms with van der Waals surface area (Å²) in [5, 5.41) is 2.85. The van der Waals surface area contributed by atoms with Crippen LogP contribution in [0.25, 0.3) is 0 Å². The third-order valence-electron chi connectivity index (χ3n) is 7.11. The Labute approximate surface area is 197 Å². The van der Waals surface area contributed by atoms with Gasteiger partial charge in [0.1, 0.15) is 5.82 Å². The van der Waals surface area contributed by atoms with Crippen LogP contribution in [0.4, 0.5) is 13.2 Å². The first-order valence-corrected chi connectivity index (χ1v) is 11.8. The Bertz CT molecular complexity index is 1020. The maximum atomic E-state index is 14.0. The Morgan fingerprint density at radius 1 is 0.971 bits per heavy atom. The molecule has 8 heteroatoms. The van der Waals surface area contributed by atoms with Crippen LogP contribution in [-0.4, -0.2) is 34.8 Å². The number of carbonyl (C=O) groups excluding carboxylic acids is 2. The fourth-order valence-corrected chi connectivity index (χ4v) is 5.35. The molecule has 0 saturated carbocycles. The van der Waals surface area contributed by atoms with Gasteiger partial charge in [-0.1, -0.05) is 30.3 Å². The molecule has 2 amide bonds. The monoisotopic (exact) mass is 473 g/mol. The van der Waals surface area contributed by atoms with Crippen LogP contribution in [-0.2, 0) is 22.6 Å². The third kappa shape index (κ3) is 5.60. The second-order valence-electron chi connectivity index (χ2n) is 9.41. The van der Waals surface area contributed by atoms with Crippen LogP contribution >= 0.6 is 0 Å². The quantitative estimate of drug-likeness (QED) is 0.572. The predicted molar refractivity (Wildman–Crippen MR) is 122 cm³/mol. The Morgan fingerprint density at radius 2 is 1.62 bits per heavy atom. The summed E-state index contributed by atoms with van der Waals surface area (Å²) in [7, 11) is 0. The van der Waals surface area contributed by atoms with Gasteiger partial charge in [-0.05, 0) is 55.2 Å². The molecule has 2 aliphatic rings. The number of fused-ring (bicyclic) bond motifs is 2.